The topological polar surface area (TPSA) is 76.6 Å². The Balaban J connectivity index is 1.70. The molecule has 0 aliphatic carbocycles. The van der Waals surface area contributed by atoms with Gasteiger partial charge in [0.05, 0.1) is 17.4 Å². The van der Waals surface area contributed by atoms with Crippen molar-refractivity contribution in [3.8, 4) is 5.75 Å². The van der Waals surface area contributed by atoms with E-state index >= 15 is 0 Å². The molecule has 1 aliphatic heterocycles. The molecule has 6 nitrogen and oxygen atoms in total. The standard InChI is InChI=1S/C21H26N2O4S2/c1-3-19(21(24)16-7-9-17(27-2)10-8-16)28-20-12-11-18(15-22-20)29(25,26)23-13-5-4-6-14-23/h7-12,15,19H,3-6,13-14H2,1-2H3. The highest BCUT2D eigenvalue weighted by molar-refractivity contribution is 8.00. The fourth-order valence-corrected chi connectivity index (χ4v) is 5.68. The molecule has 0 saturated carbocycles. The molecule has 1 aromatic heterocycles. The average molecular weight is 435 g/mol. The number of rotatable bonds is 8. The first-order chi connectivity index (χ1) is 14.0. The first-order valence-corrected chi connectivity index (χ1v) is 12.1. The number of hydrogen-bond acceptors (Lipinski definition) is 6. The van der Waals surface area contributed by atoms with Gasteiger partial charge in [-0.15, -0.1) is 0 Å². The van der Waals surface area contributed by atoms with Crippen molar-refractivity contribution >= 4 is 27.6 Å². The summed E-state index contributed by atoms with van der Waals surface area (Å²) in [5, 5.41) is 0.344. The lowest BCUT2D eigenvalue weighted by Crippen LogP contribution is -2.35. The van der Waals surface area contributed by atoms with Gasteiger partial charge < -0.3 is 4.74 Å². The molecule has 1 unspecified atom stereocenters. The number of pyridine rings is 1. The van der Waals surface area contributed by atoms with Gasteiger partial charge in [0.15, 0.2) is 5.78 Å². The number of methoxy groups -OCH3 is 1. The molecule has 29 heavy (non-hydrogen) atoms. The first kappa shape index (κ1) is 21.8. The summed E-state index contributed by atoms with van der Waals surface area (Å²) in [6.07, 6.45) is 4.90. The van der Waals surface area contributed by atoms with Crippen LogP contribution in [0.4, 0.5) is 0 Å². The van der Waals surface area contributed by atoms with E-state index in [4.69, 9.17) is 4.74 Å². The van der Waals surface area contributed by atoms with Crippen LogP contribution in [0.25, 0.3) is 0 Å². The first-order valence-electron chi connectivity index (χ1n) is 9.77. The Morgan fingerprint density at radius 3 is 2.38 bits per heavy atom. The maximum Gasteiger partial charge on any atom is 0.244 e. The van der Waals surface area contributed by atoms with Crippen molar-refractivity contribution in [2.24, 2.45) is 0 Å². The monoisotopic (exact) mass is 434 g/mol. The predicted molar refractivity (Wildman–Crippen MR) is 114 cm³/mol. The van der Waals surface area contributed by atoms with Crippen LogP contribution < -0.4 is 4.74 Å². The van der Waals surface area contributed by atoms with Gasteiger partial charge in [-0.05, 0) is 55.7 Å². The van der Waals surface area contributed by atoms with E-state index < -0.39 is 10.0 Å². The van der Waals surface area contributed by atoms with Gasteiger partial charge in [0.2, 0.25) is 10.0 Å². The summed E-state index contributed by atoms with van der Waals surface area (Å²) in [4.78, 5) is 17.3. The lowest BCUT2D eigenvalue weighted by molar-refractivity contribution is 0.0988. The summed E-state index contributed by atoms with van der Waals surface area (Å²) in [5.74, 6) is 0.724. The van der Waals surface area contributed by atoms with Gasteiger partial charge >= 0.3 is 0 Å². The fraction of sp³-hybridized carbons (Fsp3) is 0.429. The number of Topliss-reactive ketones (excluding diaryl/α,β-unsaturated/α-hetero) is 1. The van der Waals surface area contributed by atoms with Crippen LogP contribution >= 0.6 is 11.8 Å². The minimum atomic E-state index is -3.50. The number of nitrogens with zero attached hydrogens (tertiary/aromatic N) is 2. The van der Waals surface area contributed by atoms with Crippen LogP contribution in [-0.2, 0) is 10.0 Å². The van der Waals surface area contributed by atoms with Crippen molar-refractivity contribution in [2.45, 2.75) is 47.8 Å². The van der Waals surface area contributed by atoms with E-state index in [1.807, 2.05) is 6.92 Å². The molecule has 3 rings (SSSR count). The lowest BCUT2D eigenvalue weighted by atomic mass is 10.1. The van der Waals surface area contributed by atoms with Crippen molar-refractivity contribution < 1.29 is 17.9 Å². The average Bonchev–Trinajstić information content (AvgIpc) is 2.78. The van der Waals surface area contributed by atoms with E-state index in [0.29, 0.717) is 35.8 Å². The summed E-state index contributed by atoms with van der Waals surface area (Å²) >= 11 is 1.36. The second-order valence-corrected chi connectivity index (χ2v) is 10.1. The molecule has 0 bridgehead atoms. The van der Waals surface area contributed by atoms with E-state index in [0.717, 1.165) is 19.3 Å². The van der Waals surface area contributed by atoms with Crippen molar-refractivity contribution in [1.29, 1.82) is 0 Å². The minimum Gasteiger partial charge on any atom is -0.497 e. The molecular weight excluding hydrogens is 408 g/mol. The van der Waals surface area contributed by atoms with Gasteiger partial charge in [-0.3, -0.25) is 4.79 Å². The number of ketones is 1. The zero-order valence-electron chi connectivity index (χ0n) is 16.7. The molecule has 2 aromatic rings. The normalized spacial score (nSPS) is 16.3. The van der Waals surface area contributed by atoms with E-state index in [9.17, 15) is 13.2 Å². The Morgan fingerprint density at radius 1 is 1.14 bits per heavy atom. The number of piperidine rings is 1. The SMILES string of the molecule is CCC(Sc1ccc(S(=O)(=O)N2CCCCC2)cn1)C(=O)c1ccc(OC)cc1. The summed E-state index contributed by atoms with van der Waals surface area (Å²) < 4.78 is 32.1. The van der Waals surface area contributed by atoms with Gasteiger partial charge in [0.1, 0.15) is 10.6 Å². The van der Waals surface area contributed by atoms with Crippen LogP contribution in [0.15, 0.2) is 52.5 Å². The highest BCUT2D eigenvalue weighted by atomic mass is 32.2. The second kappa shape index (κ2) is 9.73. The van der Waals surface area contributed by atoms with Crippen molar-refractivity contribution in [3.63, 3.8) is 0 Å². The number of carbonyl (C=O) groups excluding carboxylic acids is 1. The smallest absolute Gasteiger partial charge is 0.244 e. The summed E-state index contributed by atoms with van der Waals surface area (Å²) in [5.41, 5.74) is 0.620. The number of carbonyl (C=O) groups is 1. The molecule has 1 fully saturated rings. The third-order valence-electron chi connectivity index (χ3n) is 4.96. The molecule has 0 N–H and O–H groups in total. The number of ether oxygens (including phenoxy) is 1. The van der Waals surface area contributed by atoms with Crippen molar-refractivity contribution in [2.75, 3.05) is 20.2 Å². The zero-order valence-corrected chi connectivity index (χ0v) is 18.3. The molecule has 0 spiro atoms. The summed E-state index contributed by atoms with van der Waals surface area (Å²) in [7, 11) is -1.91. The fourth-order valence-electron chi connectivity index (χ4n) is 3.25. The third-order valence-corrected chi connectivity index (χ3v) is 8.16. The number of benzene rings is 1. The Kier molecular flexibility index (Phi) is 7.32. The Labute approximate surface area is 176 Å². The third kappa shape index (κ3) is 5.18. The number of thioether (sulfide) groups is 1. The number of aromatic nitrogens is 1. The lowest BCUT2D eigenvalue weighted by Gasteiger charge is -2.25. The molecule has 1 aromatic carbocycles. The van der Waals surface area contributed by atoms with Gasteiger partial charge in [-0.2, -0.15) is 4.31 Å². The van der Waals surface area contributed by atoms with Crippen LogP contribution in [0.3, 0.4) is 0 Å². The van der Waals surface area contributed by atoms with Crippen molar-refractivity contribution in [1.82, 2.24) is 9.29 Å². The van der Waals surface area contributed by atoms with Gasteiger partial charge in [0.25, 0.3) is 0 Å². The molecule has 2 heterocycles. The summed E-state index contributed by atoms with van der Waals surface area (Å²) in [6, 6.07) is 10.3. The molecule has 0 amide bonds. The molecule has 0 radical (unpaired) electrons. The van der Waals surface area contributed by atoms with Crippen LogP contribution in [0, 0.1) is 0 Å². The molecular formula is C21H26N2O4S2. The quantitative estimate of drug-likeness (QED) is 0.461. The van der Waals surface area contributed by atoms with Crippen LogP contribution in [0.2, 0.25) is 0 Å². The maximum atomic E-state index is 12.8. The van der Waals surface area contributed by atoms with Crippen molar-refractivity contribution in [3.05, 3.63) is 48.2 Å². The van der Waals surface area contributed by atoms with E-state index in [2.05, 4.69) is 4.98 Å². The van der Waals surface area contributed by atoms with E-state index in [-0.39, 0.29) is 15.9 Å². The minimum absolute atomic E-state index is 0.0203. The number of hydrogen-bond donors (Lipinski definition) is 0. The Morgan fingerprint density at radius 2 is 1.83 bits per heavy atom. The molecule has 8 heteroatoms. The molecule has 1 atom stereocenters. The van der Waals surface area contributed by atoms with E-state index in [1.165, 1.54) is 22.3 Å². The highest BCUT2D eigenvalue weighted by Crippen LogP contribution is 2.28. The van der Waals surface area contributed by atoms with Crippen LogP contribution in [-0.4, -0.2) is 48.9 Å². The number of sulfonamides is 1. The molecule has 1 aliphatic rings. The molecule has 1 saturated heterocycles. The van der Waals surface area contributed by atoms with Gasteiger partial charge in [0, 0.05) is 24.8 Å². The largest absolute Gasteiger partial charge is 0.497 e. The Bertz CT molecular complexity index is 922. The Hall–Kier alpha value is -1.90. The molecule has 156 valence electrons. The maximum absolute atomic E-state index is 12.8. The van der Waals surface area contributed by atoms with Crippen LogP contribution in [0.5, 0.6) is 5.75 Å². The predicted octanol–water partition coefficient (Wildman–Crippen LogP) is 4.02. The second-order valence-electron chi connectivity index (χ2n) is 6.90. The van der Waals surface area contributed by atoms with E-state index in [1.54, 1.807) is 43.5 Å². The summed E-state index contributed by atoms with van der Waals surface area (Å²) in [6.45, 7) is 3.08. The zero-order chi connectivity index (χ0) is 20.9. The van der Waals surface area contributed by atoms with Gasteiger partial charge in [-0.25, -0.2) is 13.4 Å². The van der Waals surface area contributed by atoms with Crippen LogP contribution in [0.1, 0.15) is 43.0 Å². The highest BCUT2D eigenvalue weighted by Gasteiger charge is 2.26. The van der Waals surface area contributed by atoms with Gasteiger partial charge in [-0.1, -0.05) is 25.1 Å².